The van der Waals surface area contributed by atoms with Gasteiger partial charge in [-0.2, -0.15) is 0 Å². The molecule has 1 N–H and O–H groups in total. The second kappa shape index (κ2) is 7.02. The van der Waals surface area contributed by atoms with Crippen LogP contribution >= 0.6 is 0 Å². The molecule has 2 rings (SSSR count). The van der Waals surface area contributed by atoms with Gasteiger partial charge in [-0.25, -0.2) is 0 Å². The van der Waals surface area contributed by atoms with E-state index in [1.165, 1.54) is 19.2 Å². The lowest BCUT2D eigenvalue weighted by Gasteiger charge is -2.34. The van der Waals surface area contributed by atoms with Gasteiger partial charge in [0.15, 0.2) is 0 Å². The largest absolute Gasteiger partial charge is 0.573 e. The number of rotatable bonds is 5. The Morgan fingerprint density at radius 3 is 2.55 bits per heavy atom. The molecule has 0 amide bonds. The summed E-state index contributed by atoms with van der Waals surface area (Å²) in [5.74, 6) is 0.0569. The number of hydrogen-bond donors (Lipinski definition) is 1. The van der Waals surface area contributed by atoms with Crippen molar-refractivity contribution in [3.8, 4) is 11.5 Å². The molecule has 7 heteroatoms. The first-order chi connectivity index (χ1) is 10.4. The summed E-state index contributed by atoms with van der Waals surface area (Å²) >= 11 is 0. The maximum Gasteiger partial charge on any atom is 0.573 e. The molecule has 1 aliphatic rings. The van der Waals surface area contributed by atoms with Crippen LogP contribution in [0.5, 0.6) is 11.5 Å². The quantitative estimate of drug-likeness (QED) is 0.847. The molecule has 0 spiro atoms. The molecule has 0 radical (unpaired) electrons. The molecule has 0 aromatic heterocycles. The van der Waals surface area contributed by atoms with Crippen LogP contribution in [0.25, 0.3) is 0 Å². The van der Waals surface area contributed by atoms with E-state index in [1.54, 1.807) is 12.1 Å². The molecule has 0 saturated carbocycles. The lowest BCUT2D eigenvalue weighted by molar-refractivity contribution is -0.274. The molecule has 1 fully saturated rings. The monoisotopic (exact) mass is 316 g/mol. The maximum atomic E-state index is 12.3. The van der Waals surface area contributed by atoms with Crippen LogP contribution in [0, 0.1) is 0 Å². The van der Waals surface area contributed by atoms with Crippen molar-refractivity contribution < 1.29 is 22.6 Å². The van der Waals surface area contributed by atoms with E-state index in [0.29, 0.717) is 5.75 Å². The number of nitrogens with one attached hydrogen (secondary N) is 1. The van der Waals surface area contributed by atoms with Gasteiger partial charge in [-0.3, -0.25) is 4.90 Å². The number of methoxy groups -OCH3 is 1. The Bertz CT molecular complexity index is 514. The first-order valence-electron chi connectivity index (χ1n) is 6.95. The summed E-state index contributed by atoms with van der Waals surface area (Å²) in [5, 5.41) is 3.26. The molecule has 1 aliphatic heterocycles. The Morgan fingerprint density at radius 2 is 2.00 bits per heavy atom. The highest BCUT2D eigenvalue weighted by atomic mass is 19.4. The zero-order valence-corrected chi connectivity index (χ0v) is 12.3. The number of alkyl halides is 3. The van der Waals surface area contributed by atoms with E-state index in [4.69, 9.17) is 4.74 Å². The number of benzene rings is 1. The van der Waals surface area contributed by atoms with E-state index in [9.17, 15) is 13.2 Å². The standard InChI is InChI=1S/C15H19F3N2O2/c1-3-13(20-8-6-19-7-9-20)12-5-4-11(10-14(12)21-2)22-15(16,17)18/h3-5,10,13,19H,1,6-9H2,2H3/t13-/m0/s1. The fraction of sp³-hybridized carbons (Fsp3) is 0.467. The summed E-state index contributed by atoms with van der Waals surface area (Å²) in [5.41, 5.74) is 0.772. The highest BCUT2D eigenvalue weighted by molar-refractivity contribution is 5.44. The number of halogens is 3. The van der Waals surface area contributed by atoms with Crippen molar-refractivity contribution in [1.82, 2.24) is 10.2 Å². The molecule has 0 unspecified atom stereocenters. The molecule has 4 nitrogen and oxygen atoms in total. The SMILES string of the molecule is C=C[C@@H](c1ccc(OC(F)(F)F)cc1OC)N1CCNCC1. The summed E-state index contributed by atoms with van der Waals surface area (Å²) in [4.78, 5) is 2.20. The number of piperazine rings is 1. The van der Waals surface area contributed by atoms with Crippen LogP contribution in [0.2, 0.25) is 0 Å². The maximum absolute atomic E-state index is 12.3. The molecule has 1 heterocycles. The van der Waals surface area contributed by atoms with Crippen LogP contribution in [0.4, 0.5) is 13.2 Å². The second-order valence-corrected chi connectivity index (χ2v) is 4.92. The summed E-state index contributed by atoms with van der Waals surface area (Å²) < 4.78 is 46.1. The van der Waals surface area contributed by atoms with E-state index in [1.807, 2.05) is 0 Å². The second-order valence-electron chi connectivity index (χ2n) is 4.92. The lowest BCUT2D eigenvalue weighted by atomic mass is 10.0. The zero-order chi connectivity index (χ0) is 16.2. The van der Waals surface area contributed by atoms with Gasteiger partial charge in [0.05, 0.1) is 13.2 Å². The molecule has 1 atom stereocenters. The number of nitrogens with zero attached hydrogens (tertiary/aromatic N) is 1. The Morgan fingerprint density at radius 1 is 1.32 bits per heavy atom. The van der Waals surface area contributed by atoms with Gasteiger partial charge in [0.2, 0.25) is 0 Å². The average molecular weight is 316 g/mol. The third-order valence-electron chi connectivity index (χ3n) is 3.53. The van der Waals surface area contributed by atoms with Crippen molar-refractivity contribution in [1.29, 1.82) is 0 Å². The highest BCUT2D eigenvalue weighted by Crippen LogP contribution is 2.35. The fourth-order valence-corrected chi connectivity index (χ4v) is 2.57. The van der Waals surface area contributed by atoms with Gasteiger partial charge in [0, 0.05) is 37.8 Å². The van der Waals surface area contributed by atoms with Gasteiger partial charge in [-0.15, -0.1) is 19.8 Å². The highest BCUT2D eigenvalue weighted by Gasteiger charge is 2.32. The summed E-state index contributed by atoms with van der Waals surface area (Å²) in [6, 6.07) is 4.02. The van der Waals surface area contributed by atoms with Gasteiger partial charge >= 0.3 is 6.36 Å². The van der Waals surface area contributed by atoms with E-state index in [2.05, 4.69) is 21.5 Å². The van der Waals surface area contributed by atoms with E-state index < -0.39 is 6.36 Å². The molecule has 1 aromatic carbocycles. The molecule has 0 bridgehead atoms. The molecule has 0 aliphatic carbocycles. The Hall–Kier alpha value is -1.73. The van der Waals surface area contributed by atoms with Crippen molar-refractivity contribution in [2.45, 2.75) is 12.4 Å². The van der Waals surface area contributed by atoms with Gasteiger partial charge in [0.1, 0.15) is 11.5 Å². The third kappa shape index (κ3) is 4.14. The first-order valence-corrected chi connectivity index (χ1v) is 6.95. The van der Waals surface area contributed by atoms with Crippen LogP contribution in [-0.4, -0.2) is 44.6 Å². The molecule has 1 aromatic rings. The summed E-state index contributed by atoms with van der Waals surface area (Å²) in [7, 11) is 1.42. The predicted octanol–water partition coefficient (Wildman–Crippen LogP) is 2.73. The minimum atomic E-state index is -4.72. The van der Waals surface area contributed by atoms with E-state index in [0.717, 1.165) is 31.7 Å². The first kappa shape index (κ1) is 16.6. The topological polar surface area (TPSA) is 33.7 Å². The number of hydrogen-bond acceptors (Lipinski definition) is 4. The van der Waals surface area contributed by atoms with Gasteiger partial charge < -0.3 is 14.8 Å². The minimum Gasteiger partial charge on any atom is -0.496 e. The normalized spacial score (nSPS) is 17.8. The zero-order valence-electron chi connectivity index (χ0n) is 12.3. The molecule has 122 valence electrons. The van der Waals surface area contributed by atoms with Crippen LogP contribution < -0.4 is 14.8 Å². The van der Waals surface area contributed by atoms with E-state index in [-0.39, 0.29) is 11.8 Å². The third-order valence-corrected chi connectivity index (χ3v) is 3.53. The smallest absolute Gasteiger partial charge is 0.496 e. The van der Waals surface area contributed by atoms with Crippen molar-refractivity contribution >= 4 is 0 Å². The summed E-state index contributed by atoms with van der Waals surface area (Å²) in [6.07, 6.45) is -2.95. The predicted molar refractivity (Wildman–Crippen MR) is 77.1 cm³/mol. The number of ether oxygens (including phenoxy) is 2. The Balaban J connectivity index is 2.26. The van der Waals surface area contributed by atoms with Crippen LogP contribution in [0.1, 0.15) is 11.6 Å². The molecular formula is C15H19F3N2O2. The van der Waals surface area contributed by atoms with Crippen molar-refractivity contribution in [2.75, 3.05) is 33.3 Å². The van der Waals surface area contributed by atoms with Crippen molar-refractivity contribution in [2.24, 2.45) is 0 Å². The molecule has 1 saturated heterocycles. The fourth-order valence-electron chi connectivity index (χ4n) is 2.57. The van der Waals surface area contributed by atoms with Crippen LogP contribution in [0.15, 0.2) is 30.9 Å². The van der Waals surface area contributed by atoms with Gasteiger partial charge in [-0.05, 0) is 12.1 Å². The summed E-state index contributed by atoms with van der Waals surface area (Å²) in [6.45, 7) is 7.23. The van der Waals surface area contributed by atoms with Gasteiger partial charge in [0.25, 0.3) is 0 Å². The van der Waals surface area contributed by atoms with E-state index >= 15 is 0 Å². The lowest BCUT2D eigenvalue weighted by Crippen LogP contribution is -2.44. The Labute approximate surface area is 127 Å². The average Bonchev–Trinajstić information content (AvgIpc) is 2.48. The van der Waals surface area contributed by atoms with Crippen LogP contribution in [-0.2, 0) is 0 Å². The van der Waals surface area contributed by atoms with Crippen molar-refractivity contribution in [3.05, 3.63) is 36.4 Å². The molecular weight excluding hydrogens is 297 g/mol. The minimum absolute atomic E-state index is 0.114. The van der Waals surface area contributed by atoms with Gasteiger partial charge in [-0.1, -0.05) is 6.08 Å². The van der Waals surface area contributed by atoms with Crippen LogP contribution in [0.3, 0.4) is 0 Å². The Kier molecular flexibility index (Phi) is 5.31. The molecule has 22 heavy (non-hydrogen) atoms. The van der Waals surface area contributed by atoms with Crippen molar-refractivity contribution in [3.63, 3.8) is 0 Å².